The third kappa shape index (κ3) is 4.49. The van der Waals surface area contributed by atoms with Crippen LogP contribution in [-0.4, -0.2) is 49.9 Å². The quantitative estimate of drug-likeness (QED) is 0.261. The van der Waals surface area contributed by atoms with Gasteiger partial charge in [0, 0.05) is 23.9 Å². The Morgan fingerprint density at radius 1 is 1.05 bits per heavy atom. The summed E-state index contributed by atoms with van der Waals surface area (Å²) in [5, 5.41) is 4.54. The molecule has 0 saturated carbocycles. The number of rotatable bonds is 4. The first-order valence-electron chi connectivity index (χ1n) is 14.0. The van der Waals surface area contributed by atoms with Gasteiger partial charge >= 0.3 is 0 Å². The smallest absolute Gasteiger partial charge is 0.224 e. The molecule has 7 rings (SSSR count). The average molecular weight is 593 g/mol. The standard InChI is InChI=1S/C32H28F4N4O3/c1-18-15-39(17-37-18)26-8-5-19(11-28(26)41-2)10-20-4-3-9-40-30(21-12-24(34)29(36)25(35)13-21)32(43-38-31(20)40)16-42-27-14-22(33)6-7-23(27)32/h5-8,10-14,30H,3-4,9,15-17H2,1-2H3. The van der Waals surface area contributed by atoms with Crippen LogP contribution < -0.4 is 14.4 Å². The van der Waals surface area contributed by atoms with Crippen LogP contribution in [0.3, 0.4) is 0 Å². The number of oxime groups is 1. The fourth-order valence-electron chi connectivity index (χ4n) is 6.47. The van der Waals surface area contributed by atoms with E-state index in [2.05, 4.69) is 15.0 Å². The van der Waals surface area contributed by atoms with Gasteiger partial charge in [-0.3, -0.25) is 4.99 Å². The van der Waals surface area contributed by atoms with Crippen molar-refractivity contribution < 1.29 is 31.9 Å². The monoisotopic (exact) mass is 592 g/mol. The van der Waals surface area contributed by atoms with Gasteiger partial charge in [0.15, 0.2) is 23.3 Å². The SMILES string of the molecule is COc1cc(C=C2CCCN3C2=NOC2(COc4cc(F)ccc42)C3c2cc(F)c(F)c(F)c2)ccc1N1CN=C(C)C1. The molecule has 11 heteroatoms. The van der Waals surface area contributed by atoms with Gasteiger partial charge in [-0.25, -0.2) is 17.6 Å². The molecule has 222 valence electrons. The van der Waals surface area contributed by atoms with E-state index in [1.54, 1.807) is 7.11 Å². The molecule has 0 aromatic heterocycles. The van der Waals surface area contributed by atoms with E-state index in [0.29, 0.717) is 43.2 Å². The van der Waals surface area contributed by atoms with Gasteiger partial charge in [0.1, 0.15) is 36.6 Å². The highest BCUT2D eigenvalue weighted by molar-refractivity contribution is 6.03. The van der Waals surface area contributed by atoms with Gasteiger partial charge < -0.3 is 24.1 Å². The van der Waals surface area contributed by atoms with E-state index in [9.17, 15) is 17.6 Å². The number of nitrogens with zero attached hydrogens (tertiary/aromatic N) is 4. The molecular weight excluding hydrogens is 564 g/mol. The van der Waals surface area contributed by atoms with Crippen molar-refractivity contribution in [3.63, 3.8) is 0 Å². The van der Waals surface area contributed by atoms with Gasteiger partial charge in [0.25, 0.3) is 0 Å². The fraction of sp³-hybridized carbons (Fsp3) is 0.312. The molecule has 3 aromatic rings. The summed E-state index contributed by atoms with van der Waals surface area (Å²) in [4.78, 5) is 14.7. The maximum absolute atomic E-state index is 14.6. The van der Waals surface area contributed by atoms with Gasteiger partial charge in [-0.05, 0) is 78.9 Å². The number of halogens is 4. The number of fused-ring (bicyclic) bond motifs is 3. The Kier molecular flexibility index (Phi) is 6.55. The lowest BCUT2D eigenvalue weighted by molar-refractivity contribution is -0.125. The Bertz CT molecular complexity index is 1700. The first-order chi connectivity index (χ1) is 20.8. The van der Waals surface area contributed by atoms with Crippen LogP contribution in [0.2, 0.25) is 0 Å². The molecule has 4 aliphatic rings. The molecule has 0 amide bonds. The molecule has 2 unspecified atom stereocenters. The van der Waals surface area contributed by atoms with E-state index >= 15 is 0 Å². The van der Waals surface area contributed by atoms with E-state index < -0.39 is 34.9 Å². The molecule has 3 aromatic carbocycles. The Hall–Kier alpha value is -4.54. The Morgan fingerprint density at radius 2 is 1.86 bits per heavy atom. The van der Waals surface area contributed by atoms with Crippen LogP contribution in [-0.2, 0) is 10.4 Å². The lowest BCUT2D eigenvalue weighted by Crippen LogP contribution is -2.54. The molecule has 0 radical (unpaired) electrons. The number of hydrogen-bond acceptors (Lipinski definition) is 7. The number of amidine groups is 1. The van der Waals surface area contributed by atoms with Crippen molar-refractivity contribution in [2.45, 2.75) is 31.4 Å². The number of aliphatic imine (C=N–C) groups is 1. The minimum atomic E-state index is -1.55. The second-order valence-corrected chi connectivity index (χ2v) is 11.2. The van der Waals surface area contributed by atoms with E-state index in [4.69, 9.17) is 14.3 Å². The zero-order chi connectivity index (χ0) is 29.9. The molecule has 4 heterocycles. The zero-order valence-corrected chi connectivity index (χ0v) is 23.5. The van der Waals surface area contributed by atoms with Crippen LogP contribution in [0.4, 0.5) is 23.2 Å². The van der Waals surface area contributed by atoms with Crippen LogP contribution in [0.5, 0.6) is 11.5 Å². The van der Waals surface area contributed by atoms with Crippen molar-refractivity contribution in [3.8, 4) is 11.5 Å². The Morgan fingerprint density at radius 3 is 2.60 bits per heavy atom. The molecule has 4 aliphatic heterocycles. The van der Waals surface area contributed by atoms with Crippen molar-refractivity contribution in [3.05, 3.63) is 94.1 Å². The van der Waals surface area contributed by atoms with Gasteiger partial charge in [-0.1, -0.05) is 11.2 Å². The minimum absolute atomic E-state index is 0.0816. The molecular formula is C32H28F4N4O3. The number of ether oxygens (including phenoxy) is 2. The topological polar surface area (TPSA) is 58.9 Å². The Balaban J connectivity index is 1.31. The molecule has 7 nitrogen and oxygen atoms in total. The van der Waals surface area contributed by atoms with Crippen LogP contribution in [0, 0.1) is 23.3 Å². The van der Waals surface area contributed by atoms with Crippen molar-refractivity contribution in [1.29, 1.82) is 0 Å². The number of hydrogen-bond donors (Lipinski definition) is 0. The summed E-state index contributed by atoms with van der Waals surface area (Å²) in [7, 11) is 1.62. The van der Waals surface area contributed by atoms with E-state index in [1.807, 2.05) is 36.1 Å². The van der Waals surface area contributed by atoms with E-state index in [0.717, 1.165) is 41.2 Å². The number of anilines is 1. The normalized spacial score (nSPS) is 23.5. The van der Waals surface area contributed by atoms with Gasteiger partial charge in [-0.15, -0.1) is 0 Å². The van der Waals surface area contributed by atoms with E-state index in [-0.39, 0.29) is 17.9 Å². The second-order valence-electron chi connectivity index (χ2n) is 11.2. The Labute approximate surface area is 245 Å². The molecule has 43 heavy (non-hydrogen) atoms. The summed E-state index contributed by atoms with van der Waals surface area (Å²) < 4.78 is 68.9. The van der Waals surface area contributed by atoms with Crippen molar-refractivity contribution in [2.75, 3.05) is 38.4 Å². The average Bonchev–Trinajstić information content (AvgIpc) is 3.59. The third-order valence-corrected chi connectivity index (χ3v) is 8.43. The summed E-state index contributed by atoms with van der Waals surface area (Å²) in [6.07, 6.45) is 3.37. The molecule has 0 bridgehead atoms. The molecule has 0 aliphatic carbocycles. The zero-order valence-electron chi connectivity index (χ0n) is 23.5. The third-order valence-electron chi connectivity index (χ3n) is 8.43. The lowest BCUT2D eigenvalue weighted by Gasteiger charge is -2.48. The fourth-order valence-corrected chi connectivity index (χ4v) is 6.47. The summed E-state index contributed by atoms with van der Waals surface area (Å²) in [6, 6.07) is 11.1. The number of benzene rings is 3. The first kappa shape index (κ1) is 27.3. The minimum Gasteiger partial charge on any atom is -0.495 e. The summed E-state index contributed by atoms with van der Waals surface area (Å²) in [5.74, 6) is -3.23. The first-order valence-corrected chi connectivity index (χ1v) is 14.0. The van der Waals surface area contributed by atoms with Crippen molar-refractivity contribution in [2.24, 2.45) is 10.1 Å². The summed E-state index contributed by atoms with van der Waals surface area (Å²) >= 11 is 0. The largest absolute Gasteiger partial charge is 0.495 e. The maximum atomic E-state index is 14.6. The summed E-state index contributed by atoms with van der Waals surface area (Å²) in [6.45, 7) is 3.70. The molecule has 2 atom stereocenters. The van der Waals surface area contributed by atoms with Crippen LogP contribution >= 0.6 is 0 Å². The maximum Gasteiger partial charge on any atom is 0.224 e. The van der Waals surface area contributed by atoms with Gasteiger partial charge in [0.05, 0.1) is 19.3 Å². The number of piperidine rings is 1. The lowest BCUT2D eigenvalue weighted by atomic mass is 9.80. The second kappa shape index (κ2) is 10.3. The number of methoxy groups -OCH3 is 1. The van der Waals surface area contributed by atoms with E-state index in [1.165, 1.54) is 18.2 Å². The van der Waals surface area contributed by atoms with Crippen LogP contribution in [0.1, 0.15) is 42.5 Å². The van der Waals surface area contributed by atoms with Gasteiger partial charge in [-0.2, -0.15) is 0 Å². The van der Waals surface area contributed by atoms with Crippen molar-refractivity contribution >= 4 is 23.3 Å². The van der Waals surface area contributed by atoms with Gasteiger partial charge in [0.2, 0.25) is 5.60 Å². The molecule has 1 saturated heterocycles. The predicted octanol–water partition coefficient (Wildman–Crippen LogP) is 6.34. The highest BCUT2D eigenvalue weighted by atomic mass is 19.2. The highest BCUT2D eigenvalue weighted by Crippen LogP contribution is 2.53. The highest BCUT2D eigenvalue weighted by Gasteiger charge is 2.57. The van der Waals surface area contributed by atoms with Crippen LogP contribution in [0.25, 0.3) is 6.08 Å². The van der Waals surface area contributed by atoms with Crippen molar-refractivity contribution in [1.82, 2.24) is 4.90 Å². The molecule has 1 spiro atoms. The predicted molar refractivity (Wildman–Crippen MR) is 153 cm³/mol. The summed E-state index contributed by atoms with van der Waals surface area (Å²) in [5.41, 5.74) is 3.00. The van der Waals surface area contributed by atoms with Crippen LogP contribution in [0.15, 0.2) is 64.3 Å². The molecule has 0 N–H and O–H groups in total. The molecule has 1 fully saturated rings.